The van der Waals surface area contributed by atoms with Gasteiger partial charge < -0.3 is 10.3 Å². The minimum absolute atomic E-state index is 0.262. The molecule has 0 saturated carbocycles. The molecule has 1 aromatic heterocycles. The van der Waals surface area contributed by atoms with Gasteiger partial charge in [0, 0.05) is 0 Å². The van der Waals surface area contributed by atoms with E-state index in [1.54, 1.807) is 12.1 Å². The zero-order chi connectivity index (χ0) is 15.6. The zero-order valence-electron chi connectivity index (χ0n) is 12.9. The Bertz CT molecular complexity index is 592. The fraction of sp³-hybridized carbons (Fsp3) is 0.500. The van der Waals surface area contributed by atoms with Crippen molar-refractivity contribution in [2.24, 2.45) is 11.7 Å². The fourth-order valence-corrected chi connectivity index (χ4v) is 2.12. The number of nitrogens with two attached hydrogens (primary N) is 1. The molecule has 0 saturated heterocycles. The summed E-state index contributed by atoms with van der Waals surface area (Å²) in [6, 6.07) is 6.08. The highest BCUT2D eigenvalue weighted by Crippen LogP contribution is 2.30. The Morgan fingerprint density at radius 1 is 1.29 bits per heavy atom. The van der Waals surface area contributed by atoms with Crippen LogP contribution in [0.15, 0.2) is 28.8 Å². The lowest BCUT2D eigenvalue weighted by molar-refractivity contribution is 0.308. The SMILES string of the molecule is CC[C@H](C)[C@H](N)c1nc(C(C)(C)c2ccc(F)cc2)no1. The van der Waals surface area contributed by atoms with Gasteiger partial charge in [-0.15, -0.1) is 0 Å². The monoisotopic (exact) mass is 291 g/mol. The molecule has 114 valence electrons. The minimum atomic E-state index is -0.468. The quantitative estimate of drug-likeness (QED) is 0.914. The van der Waals surface area contributed by atoms with Gasteiger partial charge in [0.25, 0.3) is 0 Å². The summed E-state index contributed by atoms with van der Waals surface area (Å²) in [4.78, 5) is 4.45. The van der Waals surface area contributed by atoms with Crippen molar-refractivity contribution in [3.63, 3.8) is 0 Å². The highest BCUT2D eigenvalue weighted by atomic mass is 19.1. The maximum Gasteiger partial charge on any atom is 0.243 e. The van der Waals surface area contributed by atoms with E-state index in [9.17, 15) is 4.39 Å². The van der Waals surface area contributed by atoms with E-state index in [1.807, 2.05) is 13.8 Å². The first-order valence-corrected chi connectivity index (χ1v) is 7.22. The highest BCUT2D eigenvalue weighted by molar-refractivity contribution is 5.30. The van der Waals surface area contributed by atoms with E-state index in [0.29, 0.717) is 11.7 Å². The van der Waals surface area contributed by atoms with Crippen LogP contribution in [0.25, 0.3) is 0 Å². The predicted molar refractivity (Wildman–Crippen MR) is 79.2 cm³/mol. The molecule has 1 heterocycles. The molecule has 2 rings (SSSR count). The van der Waals surface area contributed by atoms with E-state index in [4.69, 9.17) is 10.3 Å². The lowest BCUT2D eigenvalue weighted by atomic mass is 9.84. The summed E-state index contributed by atoms with van der Waals surface area (Å²) in [6.45, 7) is 8.08. The highest BCUT2D eigenvalue weighted by Gasteiger charge is 2.30. The Kier molecular flexibility index (Phi) is 4.42. The summed E-state index contributed by atoms with van der Waals surface area (Å²) in [7, 11) is 0. The summed E-state index contributed by atoms with van der Waals surface area (Å²) in [5, 5.41) is 4.06. The van der Waals surface area contributed by atoms with Crippen LogP contribution in [0.3, 0.4) is 0 Å². The number of halogens is 1. The number of benzene rings is 1. The molecule has 2 aromatic rings. The van der Waals surface area contributed by atoms with Gasteiger partial charge in [0.2, 0.25) is 5.89 Å². The summed E-state index contributed by atoms with van der Waals surface area (Å²) in [5.74, 6) is 1.02. The van der Waals surface area contributed by atoms with Gasteiger partial charge in [-0.25, -0.2) is 4.39 Å². The molecule has 0 spiro atoms. The lowest BCUT2D eigenvalue weighted by Gasteiger charge is -2.21. The molecule has 0 aliphatic rings. The molecular formula is C16H22FN3O. The largest absolute Gasteiger partial charge is 0.338 e. The zero-order valence-corrected chi connectivity index (χ0v) is 12.9. The third-order valence-corrected chi connectivity index (χ3v) is 4.11. The minimum Gasteiger partial charge on any atom is -0.338 e. The topological polar surface area (TPSA) is 64.9 Å². The standard InChI is InChI=1S/C16H22FN3O/c1-5-10(2)13(18)14-19-15(20-21-14)16(3,4)11-6-8-12(17)9-7-11/h6-10,13H,5,18H2,1-4H3/t10-,13-/m0/s1. The van der Waals surface area contributed by atoms with Gasteiger partial charge in [-0.1, -0.05) is 37.6 Å². The molecule has 2 atom stereocenters. The van der Waals surface area contributed by atoms with Crippen molar-refractivity contribution in [1.29, 1.82) is 0 Å². The molecule has 0 radical (unpaired) electrons. The van der Waals surface area contributed by atoms with E-state index in [0.717, 1.165) is 12.0 Å². The second kappa shape index (κ2) is 5.93. The molecule has 0 fully saturated rings. The molecule has 0 aliphatic carbocycles. The second-order valence-corrected chi connectivity index (χ2v) is 6.00. The lowest BCUT2D eigenvalue weighted by Crippen LogP contribution is -2.22. The third-order valence-electron chi connectivity index (χ3n) is 4.11. The summed E-state index contributed by atoms with van der Waals surface area (Å²) >= 11 is 0. The van der Waals surface area contributed by atoms with E-state index < -0.39 is 5.41 Å². The first-order valence-electron chi connectivity index (χ1n) is 7.22. The fourth-order valence-electron chi connectivity index (χ4n) is 2.12. The van der Waals surface area contributed by atoms with E-state index in [-0.39, 0.29) is 17.8 Å². The second-order valence-electron chi connectivity index (χ2n) is 6.00. The Morgan fingerprint density at radius 3 is 2.48 bits per heavy atom. The van der Waals surface area contributed by atoms with Crippen molar-refractivity contribution in [2.45, 2.75) is 45.6 Å². The summed E-state index contributed by atoms with van der Waals surface area (Å²) in [5.41, 5.74) is 6.58. The molecule has 4 nitrogen and oxygen atoms in total. The van der Waals surface area contributed by atoms with E-state index in [1.165, 1.54) is 12.1 Å². The van der Waals surface area contributed by atoms with Gasteiger partial charge in [0.1, 0.15) is 5.82 Å². The molecule has 0 bridgehead atoms. The van der Waals surface area contributed by atoms with Gasteiger partial charge in [-0.2, -0.15) is 4.98 Å². The normalized spacial score (nSPS) is 15.0. The molecule has 21 heavy (non-hydrogen) atoms. The average Bonchev–Trinajstić information content (AvgIpc) is 2.96. The Hall–Kier alpha value is -1.75. The van der Waals surface area contributed by atoms with E-state index >= 15 is 0 Å². The number of nitrogens with zero attached hydrogens (tertiary/aromatic N) is 2. The van der Waals surface area contributed by atoms with Crippen LogP contribution in [0.2, 0.25) is 0 Å². The predicted octanol–water partition coefficient (Wildman–Crippen LogP) is 3.58. The molecule has 0 amide bonds. The average molecular weight is 291 g/mol. The maximum atomic E-state index is 13.0. The van der Waals surface area contributed by atoms with Crippen molar-refractivity contribution in [2.75, 3.05) is 0 Å². The third kappa shape index (κ3) is 3.13. The number of rotatable bonds is 5. The van der Waals surface area contributed by atoms with Crippen LogP contribution in [0.1, 0.15) is 57.4 Å². The van der Waals surface area contributed by atoms with Gasteiger partial charge in [0.05, 0.1) is 11.5 Å². The maximum absolute atomic E-state index is 13.0. The van der Waals surface area contributed by atoms with Gasteiger partial charge in [-0.05, 0) is 37.5 Å². The molecule has 1 aromatic carbocycles. The van der Waals surface area contributed by atoms with Crippen molar-refractivity contribution < 1.29 is 8.91 Å². The van der Waals surface area contributed by atoms with Crippen LogP contribution in [-0.2, 0) is 5.41 Å². The Labute approximate surface area is 124 Å². The van der Waals surface area contributed by atoms with Crippen LogP contribution in [0.4, 0.5) is 4.39 Å². The number of aromatic nitrogens is 2. The van der Waals surface area contributed by atoms with Gasteiger partial charge in [-0.3, -0.25) is 0 Å². The summed E-state index contributed by atoms with van der Waals surface area (Å²) < 4.78 is 18.4. The molecular weight excluding hydrogens is 269 g/mol. The van der Waals surface area contributed by atoms with Crippen molar-refractivity contribution in [3.8, 4) is 0 Å². The Balaban J connectivity index is 2.29. The van der Waals surface area contributed by atoms with Crippen molar-refractivity contribution in [3.05, 3.63) is 47.4 Å². The molecule has 5 heteroatoms. The molecule has 0 unspecified atom stereocenters. The number of hydrogen-bond acceptors (Lipinski definition) is 4. The van der Waals surface area contributed by atoms with Crippen molar-refractivity contribution >= 4 is 0 Å². The summed E-state index contributed by atoms with van der Waals surface area (Å²) in [6.07, 6.45) is 0.945. The smallest absolute Gasteiger partial charge is 0.243 e. The van der Waals surface area contributed by atoms with Crippen LogP contribution in [-0.4, -0.2) is 10.1 Å². The first-order chi connectivity index (χ1) is 9.86. The Morgan fingerprint density at radius 2 is 1.90 bits per heavy atom. The molecule has 2 N–H and O–H groups in total. The van der Waals surface area contributed by atoms with E-state index in [2.05, 4.69) is 24.0 Å². The van der Waals surface area contributed by atoms with Crippen molar-refractivity contribution in [1.82, 2.24) is 10.1 Å². The van der Waals surface area contributed by atoms with Crippen LogP contribution < -0.4 is 5.73 Å². The van der Waals surface area contributed by atoms with Crippen LogP contribution >= 0.6 is 0 Å². The van der Waals surface area contributed by atoms with Crippen LogP contribution in [0.5, 0.6) is 0 Å². The molecule has 0 aliphatic heterocycles. The van der Waals surface area contributed by atoms with Gasteiger partial charge >= 0.3 is 0 Å². The van der Waals surface area contributed by atoms with Crippen LogP contribution in [0, 0.1) is 11.7 Å². The van der Waals surface area contributed by atoms with Gasteiger partial charge in [0.15, 0.2) is 5.82 Å². The number of hydrogen-bond donors (Lipinski definition) is 1. The first kappa shape index (κ1) is 15.6.